The van der Waals surface area contributed by atoms with E-state index in [1.807, 2.05) is 12.2 Å². The molecule has 0 rings (SSSR count). The van der Waals surface area contributed by atoms with Gasteiger partial charge in [-0.15, -0.1) is 0 Å². The standard InChI is InChI=1S/C12H21N/c1-5-6-8-12(4)9-7-10-13-11(2)3/h5-6,8,11,13H,1,4,7,9-10H2,2-3H3/b8-6-. The molecule has 74 valence electrons. The first-order chi connectivity index (χ1) is 6.16. The van der Waals surface area contributed by atoms with Crippen LogP contribution in [0, 0.1) is 0 Å². The highest BCUT2D eigenvalue weighted by molar-refractivity contribution is 5.17. The lowest BCUT2D eigenvalue weighted by molar-refractivity contribution is 0.571. The molecule has 1 heteroatoms. The van der Waals surface area contributed by atoms with Crippen molar-refractivity contribution in [3.63, 3.8) is 0 Å². The summed E-state index contributed by atoms with van der Waals surface area (Å²) in [5.41, 5.74) is 1.17. The van der Waals surface area contributed by atoms with E-state index in [0.29, 0.717) is 6.04 Å². The average molecular weight is 179 g/mol. The Balaban J connectivity index is 3.37. The van der Waals surface area contributed by atoms with E-state index in [9.17, 15) is 0 Å². The molecule has 0 aliphatic rings. The predicted molar refractivity (Wildman–Crippen MR) is 60.8 cm³/mol. The molecule has 1 N–H and O–H groups in total. The van der Waals surface area contributed by atoms with Gasteiger partial charge in [0, 0.05) is 6.04 Å². The number of rotatable bonds is 7. The second-order valence-corrected chi connectivity index (χ2v) is 3.47. The first kappa shape index (κ1) is 12.2. The van der Waals surface area contributed by atoms with Gasteiger partial charge in [0.1, 0.15) is 0 Å². The Morgan fingerprint density at radius 3 is 2.69 bits per heavy atom. The van der Waals surface area contributed by atoms with E-state index in [-0.39, 0.29) is 0 Å². The molecule has 0 aliphatic heterocycles. The van der Waals surface area contributed by atoms with Crippen LogP contribution in [0.5, 0.6) is 0 Å². The van der Waals surface area contributed by atoms with E-state index in [0.717, 1.165) is 19.4 Å². The second kappa shape index (κ2) is 7.81. The van der Waals surface area contributed by atoms with Crippen LogP contribution in [0.15, 0.2) is 37.0 Å². The van der Waals surface area contributed by atoms with Crippen LogP contribution in [0.3, 0.4) is 0 Å². The van der Waals surface area contributed by atoms with Gasteiger partial charge in [-0.25, -0.2) is 0 Å². The lowest BCUT2D eigenvalue weighted by atomic mass is 10.1. The Hall–Kier alpha value is -0.820. The summed E-state index contributed by atoms with van der Waals surface area (Å²) in [7, 11) is 0. The molecule has 0 bridgehead atoms. The molecule has 0 unspecified atom stereocenters. The summed E-state index contributed by atoms with van der Waals surface area (Å²) in [5, 5.41) is 3.37. The Bertz CT molecular complexity index is 178. The van der Waals surface area contributed by atoms with Crippen molar-refractivity contribution in [1.82, 2.24) is 5.32 Å². The number of hydrogen-bond donors (Lipinski definition) is 1. The van der Waals surface area contributed by atoms with E-state index < -0.39 is 0 Å². The van der Waals surface area contributed by atoms with Gasteiger partial charge in [-0.2, -0.15) is 0 Å². The van der Waals surface area contributed by atoms with Crippen LogP contribution in [-0.4, -0.2) is 12.6 Å². The topological polar surface area (TPSA) is 12.0 Å². The SMILES string of the molecule is C=C/C=C\C(=C)CCCNC(C)C. The molecule has 1 nitrogen and oxygen atoms in total. The fourth-order valence-corrected chi connectivity index (χ4v) is 0.994. The summed E-state index contributed by atoms with van der Waals surface area (Å²) < 4.78 is 0. The molecule has 0 saturated carbocycles. The third-order valence-electron chi connectivity index (χ3n) is 1.70. The van der Waals surface area contributed by atoms with Crippen LogP contribution in [-0.2, 0) is 0 Å². The van der Waals surface area contributed by atoms with Crippen LogP contribution in [0.1, 0.15) is 26.7 Å². The fraction of sp³-hybridized carbons (Fsp3) is 0.500. The minimum Gasteiger partial charge on any atom is -0.315 e. The summed E-state index contributed by atoms with van der Waals surface area (Å²) in [6.45, 7) is 12.9. The third kappa shape index (κ3) is 9.09. The van der Waals surface area contributed by atoms with Gasteiger partial charge in [-0.05, 0) is 19.4 Å². The van der Waals surface area contributed by atoms with Crippen molar-refractivity contribution in [2.24, 2.45) is 0 Å². The first-order valence-corrected chi connectivity index (χ1v) is 4.87. The molecule has 0 aromatic rings. The zero-order valence-electron chi connectivity index (χ0n) is 8.84. The Labute approximate surface area is 82.2 Å². The molecular weight excluding hydrogens is 158 g/mol. The van der Waals surface area contributed by atoms with Crippen molar-refractivity contribution in [2.75, 3.05) is 6.54 Å². The van der Waals surface area contributed by atoms with Crippen LogP contribution < -0.4 is 5.32 Å². The van der Waals surface area contributed by atoms with Crippen molar-refractivity contribution in [1.29, 1.82) is 0 Å². The highest BCUT2D eigenvalue weighted by Gasteiger charge is 1.92. The zero-order valence-corrected chi connectivity index (χ0v) is 8.84. The molecule has 0 heterocycles. The van der Waals surface area contributed by atoms with Crippen LogP contribution in [0.25, 0.3) is 0 Å². The molecule has 0 saturated heterocycles. The molecule has 0 atom stereocenters. The van der Waals surface area contributed by atoms with E-state index in [1.165, 1.54) is 5.57 Å². The number of allylic oxidation sites excluding steroid dienone is 4. The minimum atomic E-state index is 0.581. The van der Waals surface area contributed by atoms with E-state index in [4.69, 9.17) is 0 Å². The highest BCUT2D eigenvalue weighted by Crippen LogP contribution is 2.03. The molecule has 0 amide bonds. The van der Waals surface area contributed by atoms with Gasteiger partial charge in [-0.3, -0.25) is 0 Å². The lowest BCUT2D eigenvalue weighted by Crippen LogP contribution is -2.23. The van der Waals surface area contributed by atoms with E-state index in [1.54, 1.807) is 6.08 Å². The van der Waals surface area contributed by atoms with Gasteiger partial charge in [0.05, 0.1) is 0 Å². The van der Waals surface area contributed by atoms with Gasteiger partial charge < -0.3 is 5.32 Å². The van der Waals surface area contributed by atoms with Crippen molar-refractivity contribution in [3.8, 4) is 0 Å². The van der Waals surface area contributed by atoms with Gasteiger partial charge in [0.15, 0.2) is 0 Å². The largest absolute Gasteiger partial charge is 0.315 e. The highest BCUT2D eigenvalue weighted by atomic mass is 14.9. The monoisotopic (exact) mass is 179 g/mol. The molecule has 0 aromatic heterocycles. The normalized spacial score (nSPS) is 11.0. The van der Waals surface area contributed by atoms with E-state index >= 15 is 0 Å². The summed E-state index contributed by atoms with van der Waals surface area (Å²) in [6, 6.07) is 0.581. The maximum Gasteiger partial charge on any atom is 0.00103 e. The third-order valence-corrected chi connectivity index (χ3v) is 1.70. The number of hydrogen-bond acceptors (Lipinski definition) is 1. The van der Waals surface area contributed by atoms with Crippen molar-refractivity contribution in [2.45, 2.75) is 32.7 Å². The predicted octanol–water partition coefficient (Wildman–Crippen LogP) is 3.06. The van der Waals surface area contributed by atoms with Crippen molar-refractivity contribution in [3.05, 3.63) is 37.0 Å². The van der Waals surface area contributed by atoms with Crippen LogP contribution in [0.4, 0.5) is 0 Å². The lowest BCUT2D eigenvalue weighted by Gasteiger charge is -2.07. The van der Waals surface area contributed by atoms with Crippen molar-refractivity contribution >= 4 is 0 Å². The van der Waals surface area contributed by atoms with Gasteiger partial charge in [0.25, 0.3) is 0 Å². The molecular formula is C12H21N. The maximum absolute atomic E-state index is 3.95. The van der Waals surface area contributed by atoms with Gasteiger partial charge in [-0.1, -0.05) is 50.8 Å². The van der Waals surface area contributed by atoms with Gasteiger partial charge in [0.2, 0.25) is 0 Å². The summed E-state index contributed by atoms with van der Waals surface area (Å²) in [4.78, 5) is 0. The molecule has 0 fully saturated rings. The smallest absolute Gasteiger partial charge is 0.00103 e. The minimum absolute atomic E-state index is 0.581. The van der Waals surface area contributed by atoms with E-state index in [2.05, 4.69) is 32.3 Å². The molecule has 0 aromatic carbocycles. The maximum atomic E-state index is 3.95. The Morgan fingerprint density at radius 2 is 2.15 bits per heavy atom. The molecule has 0 spiro atoms. The molecule has 13 heavy (non-hydrogen) atoms. The van der Waals surface area contributed by atoms with Gasteiger partial charge >= 0.3 is 0 Å². The molecule has 0 radical (unpaired) electrons. The number of nitrogens with one attached hydrogen (secondary N) is 1. The van der Waals surface area contributed by atoms with Crippen LogP contribution >= 0.6 is 0 Å². The average Bonchev–Trinajstić information content (AvgIpc) is 2.08. The first-order valence-electron chi connectivity index (χ1n) is 4.87. The second-order valence-electron chi connectivity index (χ2n) is 3.47. The quantitative estimate of drug-likeness (QED) is 0.468. The van der Waals surface area contributed by atoms with Crippen molar-refractivity contribution < 1.29 is 0 Å². The fourth-order valence-electron chi connectivity index (χ4n) is 0.994. The zero-order chi connectivity index (χ0) is 10.1. The molecule has 0 aliphatic carbocycles. The Morgan fingerprint density at radius 1 is 1.46 bits per heavy atom. The Kier molecular flexibility index (Phi) is 7.32. The summed E-state index contributed by atoms with van der Waals surface area (Å²) in [5.74, 6) is 0. The van der Waals surface area contributed by atoms with Crippen LogP contribution in [0.2, 0.25) is 0 Å². The summed E-state index contributed by atoms with van der Waals surface area (Å²) >= 11 is 0. The summed E-state index contributed by atoms with van der Waals surface area (Å²) in [6.07, 6.45) is 7.93.